The highest BCUT2D eigenvalue weighted by Gasteiger charge is 2.07. The zero-order valence-electron chi connectivity index (χ0n) is 6.67. The second-order valence-electron chi connectivity index (χ2n) is 2.52. The molecule has 0 saturated carbocycles. The minimum atomic E-state index is 0.0891. The smallest absolute Gasteiger partial charge is 0.137 e. The van der Waals surface area contributed by atoms with Crippen LogP contribution in [0.25, 0.3) is 0 Å². The summed E-state index contributed by atoms with van der Waals surface area (Å²) in [6.07, 6.45) is 0. The van der Waals surface area contributed by atoms with Crippen LogP contribution in [0.3, 0.4) is 0 Å². The number of nitrogens with two attached hydrogens (primary N) is 1. The van der Waals surface area contributed by atoms with E-state index in [-0.39, 0.29) is 12.4 Å². The van der Waals surface area contributed by atoms with Gasteiger partial charge in [0.25, 0.3) is 0 Å². The van der Waals surface area contributed by atoms with Gasteiger partial charge in [-0.3, -0.25) is 4.84 Å². The average Bonchev–Trinajstić information content (AvgIpc) is 2.07. The van der Waals surface area contributed by atoms with Gasteiger partial charge >= 0.3 is 0 Å². The molecule has 12 heavy (non-hydrogen) atoms. The lowest BCUT2D eigenvalue weighted by molar-refractivity contribution is 0.124. The number of hydrogen-bond acceptors (Lipinski definition) is 3. The molecule has 0 amide bonds. The second kappa shape index (κ2) is 3.76. The molecule has 0 fully saturated rings. The van der Waals surface area contributed by atoms with E-state index in [4.69, 9.17) is 17.5 Å². The topological polar surface area (TPSA) is 55.5 Å². The molecule has 0 heterocycles. The van der Waals surface area contributed by atoms with Crippen molar-refractivity contribution in [2.45, 2.75) is 13.5 Å². The Morgan fingerprint density at radius 2 is 2.25 bits per heavy atom. The molecule has 0 radical (unpaired) electrons. The molecule has 0 bridgehead atoms. The summed E-state index contributed by atoms with van der Waals surface area (Å²) in [5.41, 5.74) is 1.42. The van der Waals surface area contributed by atoms with Crippen molar-refractivity contribution in [3.05, 3.63) is 28.3 Å². The number of hydrogen-bond donors (Lipinski definition) is 2. The van der Waals surface area contributed by atoms with Crippen molar-refractivity contribution in [3.8, 4) is 5.75 Å². The van der Waals surface area contributed by atoms with Crippen LogP contribution in [0.4, 0.5) is 0 Å². The number of rotatable bonds is 2. The van der Waals surface area contributed by atoms with Crippen molar-refractivity contribution in [2.24, 2.45) is 5.90 Å². The van der Waals surface area contributed by atoms with E-state index < -0.39 is 0 Å². The SMILES string of the molecule is Cc1ccc(CON)c(Cl)c1O. The van der Waals surface area contributed by atoms with Crippen molar-refractivity contribution in [1.29, 1.82) is 0 Å². The van der Waals surface area contributed by atoms with Gasteiger partial charge in [-0.15, -0.1) is 0 Å². The van der Waals surface area contributed by atoms with Crippen LogP contribution in [0.1, 0.15) is 11.1 Å². The fraction of sp³-hybridized carbons (Fsp3) is 0.250. The summed E-state index contributed by atoms with van der Waals surface area (Å²) < 4.78 is 0. The van der Waals surface area contributed by atoms with Gasteiger partial charge in [-0.05, 0) is 12.5 Å². The Labute approximate surface area is 75.7 Å². The van der Waals surface area contributed by atoms with E-state index in [1.54, 1.807) is 19.1 Å². The zero-order chi connectivity index (χ0) is 9.14. The molecule has 1 rings (SSSR count). The molecule has 0 spiro atoms. The van der Waals surface area contributed by atoms with Gasteiger partial charge in [0.15, 0.2) is 0 Å². The Bertz CT molecular complexity index is 289. The van der Waals surface area contributed by atoms with Crippen LogP contribution in [0.15, 0.2) is 12.1 Å². The highest BCUT2D eigenvalue weighted by molar-refractivity contribution is 6.32. The number of halogens is 1. The van der Waals surface area contributed by atoms with E-state index in [0.717, 1.165) is 5.56 Å². The summed E-state index contributed by atoms with van der Waals surface area (Å²) in [6, 6.07) is 3.53. The van der Waals surface area contributed by atoms with Crippen LogP contribution in [0, 0.1) is 6.92 Å². The third kappa shape index (κ3) is 1.69. The Balaban J connectivity index is 3.08. The Morgan fingerprint density at radius 3 is 2.83 bits per heavy atom. The maximum absolute atomic E-state index is 9.39. The molecule has 1 aromatic carbocycles. The molecule has 0 aliphatic heterocycles. The summed E-state index contributed by atoms with van der Waals surface area (Å²) in [7, 11) is 0. The monoisotopic (exact) mass is 187 g/mol. The van der Waals surface area contributed by atoms with Gasteiger partial charge < -0.3 is 5.11 Å². The lowest BCUT2D eigenvalue weighted by Crippen LogP contribution is -1.99. The average molecular weight is 188 g/mol. The molecule has 4 heteroatoms. The van der Waals surface area contributed by atoms with Crippen molar-refractivity contribution in [1.82, 2.24) is 0 Å². The van der Waals surface area contributed by atoms with Crippen molar-refractivity contribution >= 4 is 11.6 Å². The first-order valence-corrected chi connectivity index (χ1v) is 3.83. The quantitative estimate of drug-likeness (QED) is 0.694. The number of benzene rings is 1. The minimum Gasteiger partial charge on any atom is -0.506 e. The third-order valence-electron chi connectivity index (χ3n) is 1.64. The van der Waals surface area contributed by atoms with E-state index in [1.807, 2.05) is 0 Å². The molecule has 0 unspecified atom stereocenters. The first-order chi connectivity index (χ1) is 5.66. The standard InChI is InChI=1S/C8H10ClNO2/c1-5-2-3-6(4-12-10)7(9)8(5)11/h2-3,11H,4,10H2,1H3. The van der Waals surface area contributed by atoms with Crippen LogP contribution in [-0.4, -0.2) is 5.11 Å². The molecule has 3 N–H and O–H groups in total. The molecular formula is C8H10ClNO2. The van der Waals surface area contributed by atoms with Crippen molar-refractivity contribution in [2.75, 3.05) is 0 Å². The number of phenolic OH excluding ortho intramolecular Hbond substituents is 1. The first-order valence-electron chi connectivity index (χ1n) is 3.45. The van der Waals surface area contributed by atoms with Crippen LogP contribution in [0.2, 0.25) is 5.02 Å². The molecule has 0 atom stereocenters. The summed E-state index contributed by atoms with van der Waals surface area (Å²) >= 11 is 5.79. The largest absolute Gasteiger partial charge is 0.506 e. The van der Waals surface area contributed by atoms with Gasteiger partial charge in [-0.2, -0.15) is 0 Å². The van der Waals surface area contributed by atoms with Gasteiger partial charge in [0.05, 0.1) is 11.6 Å². The normalized spacial score (nSPS) is 10.2. The predicted octanol–water partition coefficient (Wildman–Crippen LogP) is 1.74. The van der Waals surface area contributed by atoms with E-state index in [1.165, 1.54) is 0 Å². The van der Waals surface area contributed by atoms with Crippen LogP contribution < -0.4 is 5.90 Å². The van der Waals surface area contributed by atoms with Gasteiger partial charge in [0, 0.05) is 5.56 Å². The highest BCUT2D eigenvalue weighted by Crippen LogP contribution is 2.30. The molecule has 1 aromatic rings. The van der Waals surface area contributed by atoms with Gasteiger partial charge in [-0.1, -0.05) is 23.7 Å². The second-order valence-corrected chi connectivity index (χ2v) is 2.89. The van der Waals surface area contributed by atoms with Gasteiger partial charge in [-0.25, -0.2) is 5.90 Å². The maximum Gasteiger partial charge on any atom is 0.137 e. The zero-order valence-corrected chi connectivity index (χ0v) is 7.43. The van der Waals surface area contributed by atoms with E-state index in [0.29, 0.717) is 10.6 Å². The highest BCUT2D eigenvalue weighted by atomic mass is 35.5. The molecule has 0 saturated heterocycles. The van der Waals surface area contributed by atoms with Gasteiger partial charge in [0.2, 0.25) is 0 Å². The Kier molecular flexibility index (Phi) is 2.92. The fourth-order valence-electron chi connectivity index (χ4n) is 0.904. The molecule has 0 aliphatic rings. The Hall–Kier alpha value is -0.770. The molecule has 3 nitrogen and oxygen atoms in total. The van der Waals surface area contributed by atoms with E-state index in [2.05, 4.69) is 4.84 Å². The van der Waals surface area contributed by atoms with E-state index in [9.17, 15) is 5.11 Å². The summed E-state index contributed by atoms with van der Waals surface area (Å²) in [4.78, 5) is 4.41. The lowest BCUT2D eigenvalue weighted by atomic mass is 10.1. The lowest BCUT2D eigenvalue weighted by Gasteiger charge is -2.06. The number of aryl methyl sites for hydroxylation is 1. The van der Waals surface area contributed by atoms with Crippen molar-refractivity contribution in [3.63, 3.8) is 0 Å². The molecule has 0 aromatic heterocycles. The summed E-state index contributed by atoms with van der Waals surface area (Å²) in [5.74, 6) is 4.97. The minimum absolute atomic E-state index is 0.0891. The van der Waals surface area contributed by atoms with Gasteiger partial charge in [0.1, 0.15) is 5.75 Å². The third-order valence-corrected chi connectivity index (χ3v) is 2.06. The van der Waals surface area contributed by atoms with Crippen LogP contribution in [0.5, 0.6) is 5.75 Å². The summed E-state index contributed by atoms with van der Waals surface area (Å²) in [5, 5.41) is 9.69. The molecular weight excluding hydrogens is 178 g/mol. The maximum atomic E-state index is 9.39. The first kappa shape index (κ1) is 9.32. The summed E-state index contributed by atoms with van der Waals surface area (Å²) in [6.45, 7) is 1.97. The molecule has 66 valence electrons. The molecule has 0 aliphatic carbocycles. The number of aromatic hydroxyl groups is 1. The Morgan fingerprint density at radius 1 is 1.58 bits per heavy atom. The van der Waals surface area contributed by atoms with E-state index >= 15 is 0 Å². The van der Waals surface area contributed by atoms with Crippen molar-refractivity contribution < 1.29 is 9.94 Å². The van der Waals surface area contributed by atoms with Crippen LogP contribution in [-0.2, 0) is 11.4 Å². The fourth-order valence-corrected chi connectivity index (χ4v) is 1.17. The number of phenols is 1. The van der Waals surface area contributed by atoms with Crippen LogP contribution >= 0.6 is 11.6 Å². The predicted molar refractivity (Wildman–Crippen MR) is 46.8 cm³/mol.